The van der Waals surface area contributed by atoms with E-state index in [-0.39, 0.29) is 22.8 Å². The maximum atomic E-state index is 12.2. The molecule has 0 saturated carbocycles. The molecule has 0 atom stereocenters. The van der Waals surface area contributed by atoms with Crippen LogP contribution in [0.5, 0.6) is 0 Å². The van der Waals surface area contributed by atoms with Gasteiger partial charge in [0.2, 0.25) is 0 Å². The van der Waals surface area contributed by atoms with Gasteiger partial charge in [0.05, 0.1) is 23.4 Å². The van der Waals surface area contributed by atoms with E-state index in [1.807, 2.05) is 0 Å². The highest BCUT2D eigenvalue weighted by atomic mass is 32.2. The summed E-state index contributed by atoms with van der Waals surface area (Å²) >= 11 is 0. The van der Waals surface area contributed by atoms with Crippen LogP contribution in [0.4, 0.5) is 0 Å². The van der Waals surface area contributed by atoms with Gasteiger partial charge in [0, 0.05) is 12.6 Å². The van der Waals surface area contributed by atoms with Crippen LogP contribution in [-0.2, 0) is 22.9 Å². The summed E-state index contributed by atoms with van der Waals surface area (Å²) in [5, 5.41) is 3.93. The van der Waals surface area contributed by atoms with Gasteiger partial charge < -0.3 is 5.73 Å². The summed E-state index contributed by atoms with van der Waals surface area (Å²) in [5.74, 6) is -0.176. The third kappa shape index (κ3) is 3.77. The van der Waals surface area contributed by atoms with Gasteiger partial charge in [0.25, 0.3) is 5.56 Å². The van der Waals surface area contributed by atoms with Crippen molar-refractivity contribution in [2.45, 2.75) is 24.9 Å². The molecule has 0 spiro atoms. The molecular weight excluding hydrogens is 290 g/mol. The van der Waals surface area contributed by atoms with Crippen LogP contribution in [0.3, 0.4) is 0 Å². The molecule has 2 rings (SSSR count). The Balaban J connectivity index is 2.15. The molecule has 21 heavy (non-hydrogen) atoms. The number of aryl methyl sites for hydroxylation is 2. The van der Waals surface area contributed by atoms with Crippen LogP contribution in [0.1, 0.15) is 11.1 Å². The number of sulfone groups is 1. The van der Waals surface area contributed by atoms with Crippen LogP contribution in [0.2, 0.25) is 0 Å². The van der Waals surface area contributed by atoms with Gasteiger partial charge in [0.1, 0.15) is 0 Å². The van der Waals surface area contributed by atoms with Crippen molar-refractivity contribution in [3.8, 4) is 0 Å². The lowest BCUT2D eigenvalue weighted by atomic mass is 10.2. The van der Waals surface area contributed by atoms with Gasteiger partial charge in [-0.25, -0.2) is 13.1 Å². The fourth-order valence-electron chi connectivity index (χ4n) is 1.85. The Labute approximate surface area is 123 Å². The molecule has 7 heteroatoms. The number of aromatic nitrogens is 2. The van der Waals surface area contributed by atoms with Crippen LogP contribution < -0.4 is 11.3 Å². The molecule has 0 aliphatic carbocycles. The predicted octanol–water partition coefficient (Wildman–Crippen LogP) is 0.484. The third-order valence-corrected chi connectivity index (χ3v) is 4.81. The Kier molecular flexibility index (Phi) is 4.54. The van der Waals surface area contributed by atoms with E-state index in [0.29, 0.717) is 6.54 Å². The molecule has 6 nitrogen and oxygen atoms in total. The summed E-state index contributed by atoms with van der Waals surface area (Å²) in [4.78, 5) is 11.9. The third-order valence-electron chi connectivity index (χ3n) is 3.10. The van der Waals surface area contributed by atoms with E-state index in [4.69, 9.17) is 5.73 Å². The first-order chi connectivity index (χ1) is 9.92. The summed E-state index contributed by atoms with van der Waals surface area (Å²) in [6.45, 7) is 2.15. The van der Waals surface area contributed by atoms with Crippen molar-refractivity contribution in [3.05, 3.63) is 58.0 Å². The van der Waals surface area contributed by atoms with Crippen LogP contribution in [0.25, 0.3) is 0 Å². The van der Waals surface area contributed by atoms with E-state index < -0.39 is 9.84 Å². The Morgan fingerprint density at radius 1 is 1.24 bits per heavy atom. The normalized spacial score (nSPS) is 11.5. The average Bonchev–Trinajstić information content (AvgIpc) is 2.46. The summed E-state index contributed by atoms with van der Waals surface area (Å²) in [7, 11) is -3.45. The second kappa shape index (κ2) is 6.19. The molecule has 0 aliphatic rings. The summed E-state index contributed by atoms with van der Waals surface area (Å²) in [5.41, 5.74) is 6.79. The van der Waals surface area contributed by atoms with Crippen LogP contribution >= 0.6 is 0 Å². The van der Waals surface area contributed by atoms with E-state index in [1.54, 1.807) is 19.1 Å². The van der Waals surface area contributed by atoms with Gasteiger partial charge in [-0.1, -0.05) is 12.1 Å². The average molecular weight is 307 g/mol. The molecular formula is C14H17N3O3S. The minimum Gasteiger partial charge on any atom is -0.326 e. The maximum absolute atomic E-state index is 12.2. The van der Waals surface area contributed by atoms with Crippen molar-refractivity contribution < 1.29 is 8.42 Å². The highest BCUT2D eigenvalue weighted by molar-refractivity contribution is 7.91. The number of hydrogen-bond acceptors (Lipinski definition) is 5. The van der Waals surface area contributed by atoms with Gasteiger partial charge in [-0.3, -0.25) is 4.79 Å². The van der Waals surface area contributed by atoms with Crippen molar-refractivity contribution in [1.29, 1.82) is 0 Å². The Bertz CT molecular complexity index is 780. The molecule has 0 fully saturated rings. The van der Waals surface area contributed by atoms with Gasteiger partial charge >= 0.3 is 0 Å². The topological polar surface area (TPSA) is 95.1 Å². The number of nitrogens with two attached hydrogens (primary N) is 1. The molecule has 0 radical (unpaired) electrons. The molecule has 1 aromatic heterocycles. The fraction of sp³-hybridized carbons (Fsp3) is 0.286. The SMILES string of the molecule is Cc1cnn(CCS(=O)(=O)c2ccc(CN)cc2)c(=O)c1. The molecule has 0 saturated heterocycles. The van der Waals surface area contributed by atoms with E-state index in [9.17, 15) is 13.2 Å². The minimum absolute atomic E-state index is 0.0279. The number of nitrogens with zero attached hydrogens (tertiary/aromatic N) is 2. The molecule has 0 unspecified atom stereocenters. The van der Waals surface area contributed by atoms with Gasteiger partial charge in [0.15, 0.2) is 9.84 Å². The molecule has 2 aromatic rings. The van der Waals surface area contributed by atoms with E-state index in [0.717, 1.165) is 15.8 Å². The molecule has 1 aromatic carbocycles. The summed E-state index contributed by atoms with van der Waals surface area (Å²) in [6, 6.07) is 7.85. The second-order valence-electron chi connectivity index (χ2n) is 4.76. The van der Waals surface area contributed by atoms with Crippen molar-refractivity contribution in [2.24, 2.45) is 5.73 Å². The van der Waals surface area contributed by atoms with Crippen LogP contribution in [0.15, 0.2) is 46.2 Å². The van der Waals surface area contributed by atoms with Crippen molar-refractivity contribution >= 4 is 9.84 Å². The lowest BCUT2D eigenvalue weighted by Crippen LogP contribution is -2.26. The number of rotatable bonds is 5. The lowest BCUT2D eigenvalue weighted by molar-refractivity contribution is 0.570. The van der Waals surface area contributed by atoms with Gasteiger partial charge in [-0.05, 0) is 30.2 Å². The smallest absolute Gasteiger partial charge is 0.267 e. The standard InChI is InChI=1S/C14H17N3O3S/c1-11-8-14(18)17(16-10-11)6-7-21(19,20)13-4-2-12(9-15)3-5-13/h2-5,8,10H,6-7,9,15H2,1H3. The Morgan fingerprint density at radius 2 is 1.90 bits per heavy atom. The Morgan fingerprint density at radius 3 is 2.48 bits per heavy atom. The molecule has 112 valence electrons. The summed E-state index contributed by atoms with van der Waals surface area (Å²) < 4.78 is 25.6. The zero-order chi connectivity index (χ0) is 15.5. The summed E-state index contributed by atoms with van der Waals surface area (Å²) in [6.07, 6.45) is 1.53. The zero-order valence-electron chi connectivity index (χ0n) is 11.7. The first-order valence-corrected chi connectivity index (χ1v) is 8.13. The highest BCUT2D eigenvalue weighted by Gasteiger charge is 2.15. The van der Waals surface area contributed by atoms with Gasteiger partial charge in [-0.15, -0.1) is 0 Å². The first-order valence-electron chi connectivity index (χ1n) is 6.48. The monoisotopic (exact) mass is 307 g/mol. The van der Waals surface area contributed by atoms with Crippen molar-refractivity contribution in [1.82, 2.24) is 9.78 Å². The van der Waals surface area contributed by atoms with Crippen molar-refractivity contribution in [2.75, 3.05) is 5.75 Å². The molecule has 0 bridgehead atoms. The van der Waals surface area contributed by atoms with Crippen LogP contribution in [0, 0.1) is 6.92 Å². The minimum atomic E-state index is -3.45. The molecule has 2 N–H and O–H groups in total. The first kappa shape index (κ1) is 15.4. The quantitative estimate of drug-likeness (QED) is 0.867. The van der Waals surface area contributed by atoms with E-state index in [1.165, 1.54) is 24.4 Å². The van der Waals surface area contributed by atoms with Crippen LogP contribution in [-0.4, -0.2) is 24.0 Å². The predicted molar refractivity (Wildman–Crippen MR) is 79.6 cm³/mol. The maximum Gasteiger partial charge on any atom is 0.267 e. The fourth-order valence-corrected chi connectivity index (χ4v) is 3.05. The van der Waals surface area contributed by atoms with Gasteiger partial charge in [-0.2, -0.15) is 5.10 Å². The molecule has 0 amide bonds. The Hall–Kier alpha value is -1.99. The molecule has 0 aliphatic heterocycles. The largest absolute Gasteiger partial charge is 0.326 e. The molecule has 1 heterocycles. The lowest BCUT2D eigenvalue weighted by Gasteiger charge is -2.07. The highest BCUT2D eigenvalue weighted by Crippen LogP contribution is 2.12. The zero-order valence-corrected chi connectivity index (χ0v) is 12.5. The van der Waals surface area contributed by atoms with E-state index >= 15 is 0 Å². The second-order valence-corrected chi connectivity index (χ2v) is 6.87. The van der Waals surface area contributed by atoms with E-state index in [2.05, 4.69) is 5.10 Å². The number of hydrogen-bond donors (Lipinski definition) is 1. The number of benzene rings is 1. The van der Waals surface area contributed by atoms with Crippen molar-refractivity contribution in [3.63, 3.8) is 0 Å².